The maximum atomic E-state index is 12.3. The molecule has 0 saturated heterocycles. The van der Waals surface area contributed by atoms with Crippen LogP contribution in [0.15, 0.2) is 47.4 Å². The highest BCUT2D eigenvalue weighted by atomic mass is 35.5. The Morgan fingerprint density at radius 2 is 2.00 bits per heavy atom. The first kappa shape index (κ1) is 15.4. The Morgan fingerprint density at radius 3 is 2.62 bits per heavy atom. The van der Waals surface area contributed by atoms with Gasteiger partial charge in [0, 0.05) is 5.69 Å². The molecule has 108 valence electrons. The number of benzene rings is 2. The van der Waals surface area contributed by atoms with Crippen LogP contribution in [0.5, 0.6) is 0 Å². The lowest BCUT2D eigenvalue weighted by Gasteiger charge is -2.10. The van der Waals surface area contributed by atoms with Gasteiger partial charge < -0.3 is 0 Å². The molecule has 2 aromatic carbocycles. The zero-order valence-corrected chi connectivity index (χ0v) is 12.9. The standard InChI is InChI=1S/C15H13ClN2O2S/c1-2-11-4-3-5-13(8-11)18-21(19,20)15-7-6-12(10-17)9-14(15)16/h3-9,18H,2H2,1H3. The van der Waals surface area contributed by atoms with Crippen LogP contribution in [0.3, 0.4) is 0 Å². The summed E-state index contributed by atoms with van der Waals surface area (Å²) in [5.74, 6) is 0. The third kappa shape index (κ3) is 3.54. The summed E-state index contributed by atoms with van der Waals surface area (Å²) in [5, 5.41) is 8.80. The number of anilines is 1. The normalized spacial score (nSPS) is 10.9. The largest absolute Gasteiger partial charge is 0.280 e. The molecule has 4 nitrogen and oxygen atoms in total. The van der Waals surface area contributed by atoms with E-state index in [0.29, 0.717) is 11.3 Å². The van der Waals surface area contributed by atoms with Gasteiger partial charge in [0.15, 0.2) is 0 Å². The van der Waals surface area contributed by atoms with Gasteiger partial charge in [-0.15, -0.1) is 0 Å². The molecule has 0 unspecified atom stereocenters. The maximum Gasteiger partial charge on any atom is 0.263 e. The van der Waals surface area contributed by atoms with Crippen LogP contribution in [-0.2, 0) is 16.4 Å². The van der Waals surface area contributed by atoms with E-state index < -0.39 is 10.0 Å². The van der Waals surface area contributed by atoms with Crippen LogP contribution in [0.25, 0.3) is 0 Å². The second-order valence-electron chi connectivity index (χ2n) is 4.42. The number of nitrogens with zero attached hydrogens (tertiary/aromatic N) is 1. The van der Waals surface area contributed by atoms with Crippen LogP contribution in [0.1, 0.15) is 18.1 Å². The lowest BCUT2D eigenvalue weighted by molar-refractivity contribution is 0.601. The van der Waals surface area contributed by atoms with Gasteiger partial charge >= 0.3 is 0 Å². The van der Waals surface area contributed by atoms with Gasteiger partial charge in [-0.2, -0.15) is 5.26 Å². The molecular weight excluding hydrogens is 308 g/mol. The number of hydrogen-bond donors (Lipinski definition) is 1. The second kappa shape index (κ2) is 6.17. The molecule has 0 radical (unpaired) electrons. The third-order valence-corrected chi connectivity index (χ3v) is 4.80. The first-order chi connectivity index (χ1) is 9.96. The minimum absolute atomic E-state index is 0.0215. The topological polar surface area (TPSA) is 70.0 Å². The zero-order valence-electron chi connectivity index (χ0n) is 11.3. The van der Waals surface area contributed by atoms with E-state index in [4.69, 9.17) is 16.9 Å². The Kier molecular flexibility index (Phi) is 4.51. The Labute approximate surface area is 129 Å². The number of aryl methyl sites for hydroxylation is 1. The van der Waals surface area contributed by atoms with Gasteiger partial charge in [0.2, 0.25) is 0 Å². The Bertz CT molecular complexity index is 811. The molecule has 0 aliphatic rings. The molecule has 0 bridgehead atoms. The predicted molar refractivity (Wildman–Crippen MR) is 82.8 cm³/mol. The van der Waals surface area contributed by atoms with Crippen molar-refractivity contribution >= 4 is 27.3 Å². The molecule has 21 heavy (non-hydrogen) atoms. The number of nitriles is 1. The fourth-order valence-electron chi connectivity index (χ4n) is 1.85. The molecule has 0 saturated carbocycles. The number of rotatable bonds is 4. The predicted octanol–water partition coefficient (Wildman–Crippen LogP) is 3.57. The molecule has 0 amide bonds. The number of nitrogens with one attached hydrogen (secondary N) is 1. The van der Waals surface area contributed by atoms with E-state index in [9.17, 15) is 8.42 Å². The summed E-state index contributed by atoms with van der Waals surface area (Å²) in [6.07, 6.45) is 0.813. The number of halogens is 1. The van der Waals surface area contributed by atoms with Gasteiger partial charge in [0.05, 0.1) is 16.7 Å². The Morgan fingerprint density at radius 1 is 1.24 bits per heavy atom. The lowest BCUT2D eigenvalue weighted by Crippen LogP contribution is -2.13. The van der Waals surface area contributed by atoms with E-state index in [1.54, 1.807) is 18.2 Å². The zero-order chi connectivity index (χ0) is 15.5. The fraction of sp³-hybridized carbons (Fsp3) is 0.133. The average molecular weight is 321 g/mol. The molecule has 0 atom stereocenters. The van der Waals surface area contributed by atoms with Crippen LogP contribution in [0.4, 0.5) is 5.69 Å². The molecule has 0 spiro atoms. The molecule has 6 heteroatoms. The van der Waals surface area contributed by atoms with E-state index in [-0.39, 0.29) is 9.92 Å². The van der Waals surface area contributed by atoms with E-state index in [1.165, 1.54) is 18.2 Å². The van der Waals surface area contributed by atoms with Crippen LogP contribution in [-0.4, -0.2) is 8.42 Å². The maximum absolute atomic E-state index is 12.3. The highest BCUT2D eigenvalue weighted by Gasteiger charge is 2.18. The van der Waals surface area contributed by atoms with Crippen molar-refractivity contribution in [2.75, 3.05) is 4.72 Å². The number of hydrogen-bond acceptors (Lipinski definition) is 3. The van der Waals surface area contributed by atoms with Crippen molar-refractivity contribution in [3.63, 3.8) is 0 Å². The highest BCUT2D eigenvalue weighted by Crippen LogP contribution is 2.25. The molecule has 2 aromatic rings. The van der Waals surface area contributed by atoms with Crippen molar-refractivity contribution in [1.82, 2.24) is 0 Å². The molecular formula is C15H13ClN2O2S. The molecule has 0 aliphatic heterocycles. The van der Waals surface area contributed by atoms with E-state index in [2.05, 4.69) is 4.72 Å². The van der Waals surface area contributed by atoms with Gasteiger partial charge in [-0.1, -0.05) is 30.7 Å². The Hall–Kier alpha value is -2.03. The average Bonchev–Trinajstić information content (AvgIpc) is 2.46. The highest BCUT2D eigenvalue weighted by molar-refractivity contribution is 7.92. The van der Waals surface area contributed by atoms with Crippen molar-refractivity contribution < 1.29 is 8.42 Å². The monoisotopic (exact) mass is 320 g/mol. The van der Waals surface area contributed by atoms with Gasteiger partial charge in [-0.25, -0.2) is 8.42 Å². The minimum atomic E-state index is -3.79. The SMILES string of the molecule is CCc1cccc(NS(=O)(=O)c2ccc(C#N)cc2Cl)c1. The summed E-state index contributed by atoms with van der Waals surface area (Å²) in [5.41, 5.74) is 1.82. The van der Waals surface area contributed by atoms with Crippen molar-refractivity contribution in [2.45, 2.75) is 18.2 Å². The second-order valence-corrected chi connectivity index (χ2v) is 6.47. The van der Waals surface area contributed by atoms with Crippen LogP contribution >= 0.6 is 11.6 Å². The summed E-state index contributed by atoms with van der Waals surface area (Å²) >= 11 is 5.95. The first-order valence-corrected chi connectivity index (χ1v) is 8.14. The van der Waals surface area contributed by atoms with Crippen molar-refractivity contribution in [3.05, 3.63) is 58.6 Å². The smallest absolute Gasteiger partial charge is 0.263 e. The van der Waals surface area contributed by atoms with Crippen LogP contribution in [0.2, 0.25) is 5.02 Å². The van der Waals surface area contributed by atoms with Gasteiger partial charge in [0.25, 0.3) is 10.0 Å². The third-order valence-electron chi connectivity index (χ3n) is 2.94. The molecule has 0 aromatic heterocycles. The van der Waals surface area contributed by atoms with Gasteiger partial charge in [-0.05, 0) is 42.3 Å². The molecule has 0 heterocycles. The van der Waals surface area contributed by atoms with E-state index in [0.717, 1.165) is 12.0 Å². The van der Waals surface area contributed by atoms with Crippen molar-refractivity contribution in [2.24, 2.45) is 0 Å². The molecule has 0 fully saturated rings. The minimum Gasteiger partial charge on any atom is -0.280 e. The summed E-state index contributed by atoms with van der Waals surface area (Å²) in [4.78, 5) is -0.0509. The quantitative estimate of drug-likeness (QED) is 0.936. The molecule has 2 rings (SSSR count). The molecule has 1 N–H and O–H groups in total. The van der Waals surface area contributed by atoms with Crippen LogP contribution < -0.4 is 4.72 Å². The molecule has 0 aliphatic carbocycles. The van der Waals surface area contributed by atoms with Crippen LogP contribution in [0, 0.1) is 11.3 Å². The van der Waals surface area contributed by atoms with Crippen molar-refractivity contribution in [1.29, 1.82) is 5.26 Å². The summed E-state index contributed by atoms with van der Waals surface area (Å²) < 4.78 is 27.2. The summed E-state index contributed by atoms with van der Waals surface area (Å²) in [6.45, 7) is 1.99. The van der Waals surface area contributed by atoms with E-state index >= 15 is 0 Å². The number of sulfonamides is 1. The Balaban J connectivity index is 2.36. The fourth-order valence-corrected chi connectivity index (χ4v) is 3.45. The first-order valence-electron chi connectivity index (χ1n) is 6.27. The van der Waals surface area contributed by atoms with Crippen molar-refractivity contribution in [3.8, 4) is 6.07 Å². The van der Waals surface area contributed by atoms with Gasteiger partial charge in [0.1, 0.15) is 4.90 Å². The summed E-state index contributed by atoms with van der Waals surface area (Å²) in [6, 6.07) is 13.1. The summed E-state index contributed by atoms with van der Waals surface area (Å²) in [7, 11) is -3.79. The lowest BCUT2D eigenvalue weighted by atomic mass is 10.1. The van der Waals surface area contributed by atoms with Gasteiger partial charge in [-0.3, -0.25) is 4.72 Å². The van der Waals surface area contributed by atoms with E-state index in [1.807, 2.05) is 19.1 Å².